The molecule has 0 fully saturated rings. The highest BCUT2D eigenvalue weighted by molar-refractivity contribution is 7.80. The fraction of sp³-hybridized carbons (Fsp3) is 0.385. The molecule has 0 bridgehead atoms. The van der Waals surface area contributed by atoms with E-state index in [1.807, 2.05) is 32.9 Å². The lowest BCUT2D eigenvalue weighted by Crippen LogP contribution is -2.41. The quantitative estimate of drug-likeness (QED) is 0.804. The number of hydrogen-bond donors (Lipinski definition) is 2. The third-order valence-electron chi connectivity index (χ3n) is 2.67. The Morgan fingerprint density at radius 1 is 1.35 bits per heavy atom. The number of hydrogen-bond acceptors (Lipinski definition) is 2. The van der Waals surface area contributed by atoms with Crippen LogP contribution in [0.1, 0.15) is 29.8 Å². The zero-order valence-corrected chi connectivity index (χ0v) is 11.2. The van der Waals surface area contributed by atoms with Crippen LogP contribution in [-0.4, -0.2) is 17.4 Å². The van der Waals surface area contributed by atoms with Gasteiger partial charge >= 0.3 is 0 Å². The first-order chi connectivity index (χ1) is 7.83. The van der Waals surface area contributed by atoms with Crippen molar-refractivity contribution in [1.29, 1.82) is 0 Å². The van der Waals surface area contributed by atoms with Crippen molar-refractivity contribution in [2.24, 2.45) is 11.1 Å². The van der Waals surface area contributed by atoms with Gasteiger partial charge in [0.1, 0.15) is 0 Å². The minimum atomic E-state index is -0.365. The fourth-order valence-corrected chi connectivity index (χ4v) is 1.27. The summed E-state index contributed by atoms with van der Waals surface area (Å²) in [6.07, 6.45) is 0. The Hall–Kier alpha value is -1.42. The standard InChI is InChI=1S/C13H18N2OS/c1-9-4-6-10(7-5-9)11(16)15-8-13(2,3)12(14)17/h4-7H,8H2,1-3H3,(H2,14,17)(H,15,16). The first-order valence-electron chi connectivity index (χ1n) is 5.48. The Balaban J connectivity index is 2.62. The summed E-state index contributed by atoms with van der Waals surface area (Å²) in [5.74, 6) is -0.102. The Morgan fingerprint density at radius 2 is 1.88 bits per heavy atom. The number of carbonyl (C=O) groups is 1. The van der Waals surface area contributed by atoms with Gasteiger partial charge in [-0.1, -0.05) is 43.8 Å². The van der Waals surface area contributed by atoms with Crippen LogP contribution in [0.4, 0.5) is 0 Å². The highest BCUT2D eigenvalue weighted by Crippen LogP contribution is 2.13. The van der Waals surface area contributed by atoms with Crippen LogP contribution in [0, 0.1) is 12.3 Å². The van der Waals surface area contributed by atoms with Crippen molar-refractivity contribution >= 4 is 23.1 Å². The van der Waals surface area contributed by atoms with E-state index < -0.39 is 0 Å². The summed E-state index contributed by atoms with van der Waals surface area (Å²) in [6, 6.07) is 7.43. The molecule has 0 spiro atoms. The highest BCUT2D eigenvalue weighted by Gasteiger charge is 2.22. The van der Waals surface area contributed by atoms with Crippen LogP contribution in [0.15, 0.2) is 24.3 Å². The van der Waals surface area contributed by atoms with Gasteiger partial charge in [0.2, 0.25) is 0 Å². The zero-order chi connectivity index (χ0) is 13.1. The maximum absolute atomic E-state index is 11.8. The summed E-state index contributed by atoms with van der Waals surface area (Å²) in [6.45, 7) is 6.24. The van der Waals surface area contributed by atoms with Crippen LogP contribution in [-0.2, 0) is 0 Å². The number of thiocarbonyl (C=S) groups is 1. The van der Waals surface area contributed by atoms with E-state index in [0.717, 1.165) is 5.56 Å². The summed E-state index contributed by atoms with van der Waals surface area (Å²) < 4.78 is 0. The van der Waals surface area contributed by atoms with Gasteiger partial charge in [-0.15, -0.1) is 0 Å². The Labute approximate surface area is 107 Å². The minimum absolute atomic E-state index is 0.102. The van der Waals surface area contributed by atoms with Crippen LogP contribution < -0.4 is 11.1 Å². The van der Waals surface area contributed by atoms with Gasteiger partial charge in [0.05, 0.1) is 4.99 Å². The van der Waals surface area contributed by atoms with Crippen molar-refractivity contribution < 1.29 is 4.79 Å². The molecule has 17 heavy (non-hydrogen) atoms. The van der Waals surface area contributed by atoms with E-state index in [9.17, 15) is 4.79 Å². The molecule has 92 valence electrons. The van der Waals surface area contributed by atoms with Crippen LogP contribution >= 0.6 is 12.2 Å². The predicted molar refractivity (Wildman–Crippen MR) is 74.1 cm³/mol. The number of amides is 1. The molecule has 0 saturated carbocycles. The van der Waals surface area contributed by atoms with Crippen molar-refractivity contribution in [3.8, 4) is 0 Å². The second-order valence-electron chi connectivity index (χ2n) is 4.80. The van der Waals surface area contributed by atoms with E-state index in [1.54, 1.807) is 12.1 Å². The second kappa shape index (κ2) is 5.27. The van der Waals surface area contributed by atoms with E-state index in [4.69, 9.17) is 18.0 Å². The van der Waals surface area contributed by atoms with Gasteiger partial charge in [0.15, 0.2) is 0 Å². The molecule has 3 N–H and O–H groups in total. The number of nitrogens with one attached hydrogen (secondary N) is 1. The van der Waals surface area contributed by atoms with Gasteiger partial charge in [-0.25, -0.2) is 0 Å². The van der Waals surface area contributed by atoms with Gasteiger partial charge in [-0.05, 0) is 19.1 Å². The molecule has 0 aliphatic heterocycles. The van der Waals surface area contributed by atoms with Crippen LogP contribution in [0.3, 0.4) is 0 Å². The Bertz CT molecular complexity index is 424. The van der Waals surface area contributed by atoms with Crippen molar-refractivity contribution in [2.75, 3.05) is 6.54 Å². The van der Waals surface area contributed by atoms with E-state index >= 15 is 0 Å². The minimum Gasteiger partial charge on any atom is -0.393 e. The molecule has 0 aliphatic rings. The van der Waals surface area contributed by atoms with Gasteiger partial charge < -0.3 is 11.1 Å². The molecule has 0 aliphatic carbocycles. The lowest BCUT2D eigenvalue weighted by Gasteiger charge is -2.23. The lowest BCUT2D eigenvalue weighted by molar-refractivity contribution is 0.0945. The van der Waals surface area contributed by atoms with Crippen molar-refractivity contribution in [1.82, 2.24) is 5.32 Å². The first-order valence-corrected chi connectivity index (χ1v) is 5.88. The SMILES string of the molecule is Cc1ccc(C(=O)NCC(C)(C)C(N)=S)cc1. The molecule has 0 atom stereocenters. The number of benzene rings is 1. The third kappa shape index (κ3) is 3.82. The van der Waals surface area contributed by atoms with E-state index in [0.29, 0.717) is 17.1 Å². The average Bonchev–Trinajstić information content (AvgIpc) is 2.27. The summed E-state index contributed by atoms with van der Waals surface area (Å²) in [4.78, 5) is 12.2. The van der Waals surface area contributed by atoms with E-state index in [2.05, 4.69) is 5.32 Å². The highest BCUT2D eigenvalue weighted by atomic mass is 32.1. The number of rotatable bonds is 4. The summed E-state index contributed by atoms with van der Waals surface area (Å²) >= 11 is 4.94. The Morgan fingerprint density at radius 3 is 2.35 bits per heavy atom. The number of aryl methyl sites for hydroxylation is 1. The maximum Gasteiger partial charge on any atom is 0.251 e. The molecule has 1 rings (SSSR count). The van der Waals surface area contributed by atoms with Crippen molar-refractivity contribution in [3.05, 3.63) is 35.4 Å². The van der Waals surface area contributed by atoms with Crippen LogP contribution in [0.2, 0.25) is 0 Å². The second-order valence-corrected chi connectivity index (χ2v) is 5.24. The van der Waals surface area contributed by atoms with Gasteiger partial charge in [0, 0.05) is 17.5 Å². The number of nitrogens with two attached hydrogens (primary N) is 1. The monoisotopic (exact) mass is 250 g/mol. The summed E-state index contributed by atoms with van der Waals surface area (Å²) in [5, 5.41) is 2.83. The Kier molecular flexibility index (Phi) is 4.23. The van der Waals surface area contributed by atoms with Crippen LogP contribution in [0.25, 0.3) is 0 Å². The van der Waals surface area contributed by atoms with Gasteiger partial charge in [0.25, 0.3) is 5.91 Å². The molecule has 0 radical (unpaired) electrons. The third-order valence-corrected chi connectivity index (χ3v) is 3.22. The fourth-order valence-electron chi connectivity index (χ4n) is 1.20. The topological polar surface area (TPSA) is 55.1 Å². The van der Waals surface area contributed by atoms with Gasteiger partial charge in [-0.3, -0.25) is 4.79 Å². The normalized spacial score (nSPS) is 11.0. The van der Waals surface area contributed by atoms with Crippen molar-refractivity contribution in [2.45, 2.75) is 20.8 Å². The molecule has 1 aromatic carbocycles. The van der Waals surface area contributed by atoms with E-state index in [-0.39, 0.29) is 11.3 Å². The summed E-state index contributed by atoms with van der Waals surface area (Å²) in [7, 11) is 0. The molecule has 0 unspecified atom stereocenters. The average molecular weight is 250 g/mol. The molecule has 1 amide bonds. The largest absolute Gasteiger partial charge is 0.393 e. The maximum atomic E-state index is 11.8. The molecular weight excluding hydrogens is 232 g/mol. The lowest BCUT2D eigenvalue weighted by atomic mass is 9.93. The molecular formula is C13H18N2OS. The number of carbonyl (C=O) groups excluding carboxylic acids is 1. The molecule has 0 aromatic heterocycles. The van der Waals surface area contributed by atoms with E-state index in [1.165, 1.54) is 0 Å². The van der Waals surface area contributed by atoms with Crippen LogP contribution in [0.5, 0.6) is 0 Å². The van der Waals surface area contributed by atoms with Crippen molar-refractivity contribution in [3.63, 3.8) is 0 Å². The predicted octanol–water partition coefficient (Wildman–Crippen LogP) is 2.04. The first kappa shape index (κ1) is 13.6. The molecule has 1 aromatic rings. The molecule has 0 saturated heterocycles. The smallest absolute Gasteiger partial charge is 0.251 e. The molecule has 4 heteroatoms. The van der Waals surface area contributed by atoms with Gasteiger partial charge in [-0.2, -0.15) is 0 Å². The zero-order valence-electron chi connectivity index (χ0n) is 10.4. The molecule has 3 nitrogen and oxygen atoms in total. The molecule has 0 heterocycles. The summed E-state index contributed by atoms with van der Waals surface area (Å²) in [5.41, 5.74) is 7.01.